The molecule has 0 spiro atoms. The molecule has 16 heteroatoms. The quantitative estimate of drug-likeness (QED) is 0.131. The Kier molecular flexibility index (Phi) is 14.1. The Labute approximate surface area is 274 Å². The first kappa shape index (κ1) is 39.7. The van der Waals surface area contributed by atoms with Crippen LogP contribution in [0.25, 0.3) is 0 Å². The molecular weight excluding hydrogens is 650 g/mol. The Morgan fingerprint density at radius 3 is 1.19 bits per heavy atom. The normalized spacial score (nSPS) is 12.8. The predicted octanol–water partition coefficient (Wildman–Crippen LogP) is 5.11. The number of carbonyl (C=O) groups excluding carboxylic acids is 4. The van der Waals surface area contributed by atoms with Gasteiger partial charge in [-0.2, -0.15) is 0 Å². The molecule has 1 unspecified atom stereocenters. The number of benzene rings is 2. The number of amides is 4. The number of halogens is 6. The lowest BCUT2D eigenvalue weighted by Gasteiger charge is -2.24. The maximum atomic E-state index is 14.3. The van der Waals surface area contributed by atoms with E-state index in [0.29, 0.717) is 24.3 Å². The molecule has 0 radical (unpaired) electrons. The van der Waals surface area contributed by atoms with E-state index < -0.39 is 108 Å². The third kappa shape index (κ3) is 14.5. The van der Waals surface area contributed by atoms with Crippen molar-refractivity contribution in [2.75, 3.05) is 13.1 Å². The molecule has 2 rings (SSSR count). The van der Waals surface area contributed by atoms with Crippen LogP contribution in [0.5, 0.6) is 0 Å². The van der Waals surface area contributed by atoms with Crippen molar-refractivity contribution in [3.8, 4) is 0 Å². The highest BCUT2D eigenvalue weighted by Crippen LogP contribution is 2.19. The second-order valence-corrected chi connectivity index (χ2v) is 12.9. The predicted molar refractivity (Wildman–Crippen MR) is 162 cm³/mol. The molecular formula is C32H40F6N4O6. The smallest absolute Gasteiger partial charge is 0.407 e. The fourth-order valence-corrected chi connectivity index (χ4v) is 4.26. The summed E-state index contributed by atoms with van der Waals surface area (Å²) in [5.74, 6) is -8.94. The van der Waals surface area contributed by atoms with Gasteiger partial charge in [0.05, 0.1) is 0 Å². The average molecular weight is 691 g/mol. The van der Waals surface area contributed by atoms with Gasteiger partial charge in [-0.25, -0.2) is 35.9 Å². The van der Waals surface area contributed by atoms with E-state index in [9.17, 15) is 45.5 Å². The summed E-state index contributed by atoms with van der Waals surface area (Å²) in [7, 11) is 0. The Morgan fingerprint density at radius 1 is 0.562 bits per heavy atom. The Morgan fingerprint density at radius 2 is 0.875 bits per heavy atom. The maximum absolute atomic E-state index is 14.3. The lowest BCUT2D eigenvalue weighted by Crippen LogP contribution is -2.45. The van der Waals surface area contributed by atoms with Crippen molar-refractivity contribution < 1.29 is 55.0 Å². The van der Waals surface area contributed by atoms with Crippen LogP contribution in [0.3, 0.4) is 0 Å². The second kappa shape index (κ2) is 17.1. The van der Waals surface area contributed by atoms with Crippen LogP contribution in [0.2, 0.25) is 0 Å². The lowest BCUT2D eigenvalue weighted by molar-refractivity contribution is -0.123. The van der Waals surface area contributed by atoms with E-state index in [4.69, 9.17) is 9.47 Å². The van der Waals surface area contributed by atoms with E-state index in [0.717, 1.165) is 0 Å². The van der Waals surface area contributed by atoms with Gasteiger partial charge < -0.3 is 30.7 Å². The number of rotatable bonds is 13. The van der Waals surface area contributed by atoms with Crippen molar-refractivity contribution >= 4 is 24.0 Å². The van der Waals surface area contributed by atoms with Gasteiger partial charge in [0, 0.05) is 50.1 Å². The summed E-state index contributed by atoms with van der Waals surface area (Å²) in [5.41, 5.74) is -2.42. The second-order valence-electron chi connectivity index (χ2n) is 12.9. The zero-order valence-electron chi connectivity index (χ0n) is 27.4. The molecule has 0 saturated carbocycles. The summed E-state index contributed by atoms with van der Waals surface area (Å²) in [4.78, 5) is 50.0. The summed E-state index contributed by atoms with van der Waals surface area (Å²) in [6.45, 7) is 9.28. The van der Waals surface area contributed by atoms with E-state index in [1.807, 2.05) is 0 Å². The van der Waals surface area contributed by atoms with Crippen LogP contribution in [0.4, 0.5) is 35.9 Å². The highest BCUT2D eigenvalue weighted by atomic mass is 19.2. The van der Waals surface area contributed by atoms with Crippen molar-refractivity contribution in [1.82, 2.24) is 21.3 Å². The lowest BCUT2D eigenvalue weighted by atomic mass is 10.0. The summed E-state index contributed by atoms with van der Waals surface area (Å²) in [6, 6.07) is -0.281. The molecule has 266 valence electrons. The Balaban J connectivity index is 2.00. The molecule has 2 aromatic rings. The van der Waals surface area contributed by atoms with E-state index >= 15 is 0 Å². The molecule has 4 amide bonds. The minimum absolute atomic E-state index is 0.134. The van der Waals surface area contributed by atoms with Crippen LogP contribution in [0.15, 0.2) is 24.3 Å². The third-order valence-electron chi connectivity index (χ3n) is 6.19. The van der Waals surface area contributed by atoms with Gasteiger partial charge >= 0.3 is 12.2 Å². The largest absolute Gasteiger partial charge is 0.444 e. The molecule has 0 aliphatic heterocycles. The van der Waals surface area contributed by atoms with Crippen LogP contribution >= 0.6 is 0 Å². The molecule has 0 heterocycles. The zero-order valence-corrected chi connectivity index (χ0v) is 27.4. The van der Waals surface area contributed by atoms with Crippen LogP contribution in [0.1, 0.15) is 65.5 Å². The van der Waals surface area contributed by atoms with Gasteiger partial charge in [-0.15, -0.1) is 0 Å². The highest BCUT2D eigenvalue weighted by molar-refractivity contribution is 5.79. The molecule has 48 heavy (non-hydrogen) atoms. The van der Waals surface area contributed by atoms with Crippen molar-refractivity contribution in [1.29, 1.82) is 0 Å². The number of carbonyl (C=O) groups is 4. The van der Waals surface area contributed by atoms with Crippen molar-refractivity contribution in [2.24, 2.45) is 0 Å². The molecule has 0 bridgehead atoms. The first-order valence-electron chi connectivity index (χ1n) is 14.9. The summed E-state index contributed by atoms with van der Waals surface area (Å²) >= 11 is 0. The van der Waals surface area contributed by atoms with Crippen LogP contribution < -0.4 is 21.3 Å². The minimum Gasteiger partial charge on any atom is -0.444 e. The van der Waals surface area contributed by atoms with Gasteiger partial charge in [0.2, 0.25) is 11.8 Å². The van der Waals surface area contributed by atoms with E-state index in [1.165, 1.54) is 0 Å². The molecule has 0 saturated heterocycles. The molecule has 10 nitrogen and oxygen atoms in total. The van der Waals surface area contributed by atoms with Gasteiger partial charge in [-0.3, -0.25) is 9.59 Å². The summed E-state index contributed by atoms with van der Waals surface area (Å²) in [5, 5.41) is 9.81. The van der Waals surface area contributed by atoms with Crippen molar-refractivity contribution in [3.05, 3.63) is 70.3 Å². The standard InChI is InChI=1S/C32H40F6N4O6/c1-31(2,3)47-29(45)41-19(9-17-11-23(35)25(37)15-21(17)33)13-27(43)39-7-8-40-28(44)14-20(42-30(46)48-32(4,5)6)10-18-12-24(36)26(38)16-22(18)34/h11-12,15-16,19-20H,7-10,13-14H2,1-6H3,(H,39,43)(H,40,44)(H,41,45)(H,42,46)/t19-,20?/m1/s1. The van der Waals surface area contributed by atoms with Gasteiger partial charge in [0.1, 0.15) is 22.8 Å². The van der Waals surface area contributed by atoms with Gasteiger partial charge in [-0.1, -0.05) is 0 Å². The zero-order chi connectivity index (χ0) is 36.4. The molecule has 0 aliphatic carbocycles. The number of ether oxygens (including phenoxy) is 2. The number of nitrogens with one attached hydrogen (secondary N) is 4. The van der Waals surface area contributed by atoms with Gasteiger partial charge in [0.25, 0.3) is 0 Å². The highest BCUT2D eigenvalue weighted by Gasteiger charge is 2.25. The van der Waals surface area contributed by atoms with E-state index in [-0.39, 0.29) is 24.2 Å². The van der Waals surface area contributed by atoms with Crippen LogP contribution in [0, 0.1) is 34.9 Å². The van der Waals surface area contributed by atoms with Crippen LogP contribution in [-0.2, 0) is 31.9 Å². The Bertz CT molecular complexity index is 1370. The van der Waals surface area contributed by atoms with Crippen LogP contribution in [-0.4, -0.2) is 60.4 Å². The Hall–Kier alpha value is -4.50. The summed E-state index contributed by atoms with van der Waals surface area (Å²) in [6.07, 6.45) is -3.53. The first-order chi connectivity index (χ1) is 22.1. The molecule has 4 N–H and O–H groups in total. The first-order valence-corrected chi connectivity index (χ1v) is 14.9. The molecule has 2 atom stereocenters. The third-order valence-corrected chi connectivity index (χ3v) is 6.19. The van der Waals surface area contributed by atoms with E-state index in [1.54, 1.807) is 41.5 Å². The maximum Gasteiger partial charge on any atom is 0.407 e. The van der Waals surface area contributed by atoms with E-state index in [2.05, 4.69) is 21.3 Å². The SMILES string of the molecule is CC(C)(C)OC(=O)NC(CC(=O)NCCNC(=O)C[C@@H](Cc1cc(F)c(F)cc1F)NC(=O)OC(C)(C)C)Cc1cc(F)c(F)cc1F. The van der Waals surface area contributed by atoms with Crippen molar-refractivity contribution in [2.45, 2.75) is 90.5 Å². The molecule has 2 aromatic carbocycles. The molecule has 0 aromatic heterocycles. The fourth-order valence-electron chi connectivity index (χ4n) is 4.26. The van der Waals surface area contributed by atoms with Gasteiger partial charge in [-0.05, 0) is 77.6 Å². The molecule has 0 aliphatic rings. The average Bonchev–Trinajstić information content (AvgIpc) is 2.90. The number of hydrogen-bond acceptors (Lipinski definition) is 6. The number of alkyl carbamates (subject to hydrolysis) is 2. The molecule has 0 fully saturated rings. The monoisotopic (exact) mass is 690 g/mol. The minimum atomic E-state index is -1.41. The fraction of sp³-hybridized carbons (Fsp3) is 0.500. The van der Waals surface area contributed by atoms with Crippen molar-refractivity contribution in [3.63, 3.8) is 0 Å². The topological polar surface area (TPSA) is 135 Å². The number of hydrogen-bond donors (Lipinski definition) is 4. The summed E-state index contributed by atoms with van der Waals surface area (Å²) < 4.78 is 93.2. The van der Waals surface area contributed by atoms with Gasteiger partial charge in [0.15, 0.2) is 23.3 Å².